The molecule has 0 amide bonds. The summed E-state index contributed by atoms with van der Waals surface area (Å²) < 4.78 is 40.4. The Morgan fingerprint density at radius 2 is 2.09 bits per heavy atom. The van der Waals surface area contributed by atoms with Gasteiger partial charge >= 0.3 is 0 Å². The molecule has 1 aliphatic carbocycles. The third-order valence-corrected chi connectivity index (χ3v) is 6.22. The molecule has 3 heterocycles. The van der Waals surface area contributed by atoms with Gasteiger partial charge in [0.2, 0.25) is 0 Å². The molecule has 0 saturated heterocycles. The van der Waals surface area contributed by atoms with Crippen LogP contribution in [0.25, 0.3) is 11.0 Å². The molecule has 0 radical (unpaired) electrons. The van der Waals surface area contributed by atoms with Crippen LogP contribution >= 0.6 is 0 Å². The Bertz CT molecular complexity index is 1140. The number of benzene rings is 1. The van der Waals surface area contributed by atoms with Gasteiger partial charge in [0.1, 0.15) is 48.4 Å². The summed E-state index contributed by atoms with van der Waals surface area (Å²) in [6.45, 7) is 3.19. The van der Waals surface area contributed by atoms with Crippen LogP contribution in [0.15, 0.2) is 30.7 Å². The van der Waals surface area contributed by atoms with Crippen LogP contribution in [-0.4, -0.2) is 56.2 Å². The van der Waals surface area contributed by atoms with Gasteiger partial charge in [-0.2, -0.15) is 0 Å². The van der Waals surface area contributed by atoms with Crippen LogP contribution < -0.4 is 14.8 Å². The molecule has 2 aromatic heterocycles. The van der Waals surface area contributed by atoms with Gasteiger partial charge in [-0.05, 0) is 25.1 Å². The molecular weight excluding hydrogens is 422 g/mol. The monoisotopic (exact) mass is 446 g/mol. The van der Waals surface area contributed by atoms with Gasteiger partial charge in [-0.25, -0.2) is 18.7 Å². The van der Waals surface area contributed by atoms with E-state index in [9.17, 15) is 19.0 Å². The molecular formula is C22H24F2N4O4. The summed E-state index contributed by atoms with van der Waals surface area (Å²) in [7, 11) is 0. The molecule has 2 aliphatic rings. The smallest absolute Gasteiger partial charge is 0.264 e. The Morgan fingerprint density at radius 1 is 1.25 bits per heavy atom. The van der Waals surface area contributed by atoms with Crippen molar-refractivity contribution < 1.29 is 28.5 Å². The normalized spacial score (nSPS) is 25.6. The summed E-state index contributed by atoms with van der Waals surface area (Å²) in [6.07, 6.45) is -2.27. The lowest BCUT2D eigenvalue weighted by Crippen LogP contribution is -2.34. The van der Waals surface area contributed by atoms with E-state index in [0.717, 1.165) is 11.1 Å². The number of aliphatic hydroxyl groups is 2. The Morgan fingerprint density at radius 3 is 2.91 bits per heavy atom. The first-order valence-corrected chi connectivity index (χ1v) is 10.5. The van der Waals surface area contributed by atoms with E-state index in [1.807, 2.05) is 17.6 Å². The van der Waals surface area contributed by atoms with E-state index in [-0.39, 0.29) is 17.7 Å². The summed E-state index contributed by atoms with van der Waals surface area (Å²) in [6, 6.07) is 3.99. The van der Waals surface area contributed by atoms with Crippen molar-refractivity contribution >= 4 is 11.0 Å². The number of hydrogen-bond acceptors (Lipinski definition) is 7. The molecule has 4 unspecified atom stereocenters. The van der Waals surface area contributed by atoms with Crippen LogP contribution in [0.1, 0.15) is 35.7 Å². The van der Waals surface area contributed by atoms with Crippen LogP contribution in [0.4, 0.5) is 8.78 Å². The fourth-order valence-electron chi connectivity index (χ4n) is 4.51. The molecule has 0 spiro atoms. The van der Waals surface area contributed by atoms with E-state index in [1.165, 1.54) is 18.5 Å². The Hall–Kier alpha value is -2.82. The zero-order valence-electron chi connectivity index (χ0n) is 17.4. The van der Waals surface area contributed by atoms with Crippen LogP contribution in [-0.2, 0) is 6.54 Å². The molecule has 1 aromatic carbocycles. The number of nitrogens with zero attached hydrogens (tertiary/aromatic N) is 3. The lowest BCUT2D eigenvalue weighted by Gasteiger charge is -2.22. The Balaban J connectivity index is 1.46. The van der Waals surface area contributed by atoms with E-state index in [2.05, 4.69) is 15.3 Å². The average molecular weight is 446 g/mol. The molecule has 5 rings (SSSR count). The first-order valence-electron chi connectivity index (χ1n) is 10.5. The molecule has 170 valence electrons. The zero-order chi connectivity index (χ0) is 22.4. The highest BCUT2D eigenvalue weighted by Crippen LogP contribution is 2.40. The van der Waals surface area contributed by atoms with Crippen molar-refractivity contribution in [3.8, 4) is 11.5 Å². The second-order valence-electron chi connectivity index (χ2n) is 8.18. The first-order chi connectivity index (χ1) is 15.4. The summed E-state index contributed by atoms with van der Waals surface area (Å²) in [5.74, 6) is 0.565. The number of hydrogen-bond donors (Lipinski definition) is 3. The van der Waals surface area contributed by atoms with Gasteiger partial charge in [-0.15, -0.1) is 0 Å². The van der Waals surface area contributed by atoms with E-state index < -0.39 is 30.8 Å². The van der Waals surface area contributed by atoms with Crippen LogP contribution in [0.3, 0.4) is 0 Å². The second-order valence-corrected chi connectivity index (χ2v) is 8.18. The second kappa shape index (κ2) is 8.27. The molecule has 1 aliphatic heterocycles. The minimum Gasteiger partial charge on any atom is -0.492 e. The summed E-state index contributed by atoms with van der Waals surface area (Å²) >= 11 is 0. The highest BCUT2D eigenvalue weighted by Gasteiger charge is 2.44. The van der Waals surface area contributed by atoms with Crippen molar-refractivity contribution in [2.45, 2.75) is 50.7 Å². The SMILES string of the molecule is Cc1ncnc2c1ccn2C1CC(Oc2cc(C(F)F)cc3c2CNCCO3)C(O)C1O. The topological polar surface area (TPSA) is 102 Å². The number of aromatic nitrogens is 3. The fraction of sp³-hybridized carbons (Fsp3) is 0.455. The predicted octanol–water partition coefficient (Wildman–Crippen LogP) is 2.27. The van der Waals surface area contributed by atoms with Gasteiger partial charge in [0.05, 0.1) is 11.7 Å². The quantitative estimate of drug-likeness (QED) is 0.565. The number of rotatable bonds is 4. The number of halogens is 2. The van der Waals surface area contributed by atoms with Crippen LogP contribution in [0, 0.1) is 6.92 Å². The first kappa shape index (κ1) is 21.0. The molecule has 1 fully saturated rings. The number of fused-ring (bicyclic) bond motifs is 2. The van der Waals surface area contributed by atoms with Crippen molar-refractivity contribution in [2.75, 3.05) is 13.2 Å². The molecule has 1 saturated carbocycles. The summed E-state index contributed by atoms with van der Waals surface area (Å²) in [5.41, 5.74) is 1.87. The number of aryl methyl sites for hydroxylation is 1. The van der Waals surface area contributed by atoms with Gasteiger partial charge in [0.25, 0.3) is 6.43 Å². The zero-order valence-corrected chi connectivity index (χ0v) is 17.4. The van der Waals surface area contributed by atoms with Crippen molar-refractivity contribution in [1.29, 1.82) is 0 Å². The van der Waals surface area contributed by atoms with Crippen LogP contribution in [0.5, 0.6) is 11.5 Å². The highest BCUT2D eigenvalue weighted by molar-refractivity contribution is 5.78. The minimum atomic E-state index is -2.69. The minimum absolute atomic E-state index is 0.214. The largest absolute Gasteiger partial charge is 0.492 e. The lowest BCUT2D eigenvalue weighted by atomic mass is 10.1. The summed E-state index contributed by atoms with van der Waals surface area (Å²) in [4.78, 5) is 8.51. The van der Waals surface area contributed by atoms with Gasteiger partial charge in [0.15, 0.2) is 0 Å². The molecule has 10 heteroatoms. The maximum Gasteiger partial charge on any atom is 0.264 e. The number of alkyl halides is 2. The van der Waals surface area contributed by atoms with E-state index in [0.29, 0.717) is 36.7 Å². The fourth-order valence-corrected chi connectivity index (χ4v) is 4.51. The van der Waals surface area contributed by atoms with Gasteiger partial charge in [-0.3, -0.25) is 0 Å². The number of ether oxygens (including phenoxy) is 2. The maximum absolute atomic E-state index is 13.5. The van der Waals surface area contributed by atoms with Crippen molar-refractivity contribution in [3.05, 3.63) is 47.5 Å². The van der Waals surface area contributed by atoms with Gasteiger partial charge in [-0.1, -0.05) is 0 Å². The van der Waals surface area contributed by atoms with Gasteiger partial charge < -0.3 is 29.6 Å². The predicted molar refractivity (Wildman–Crippen MR) is 111 cm³/mol. The third kappa shape index (κ3) is 3.58. The summed E-state index contributed by atoms with van der Waals surface area (Å²) in [5, 5.41) is 25.5. The Labute approximate surface area is 182 Å². The van der Waals surface area contributed by atoms with Gasteiger partial charge in [0, 0.05) is 42.2 Å². The number of aliphatic hydroxyl groups excluding tert-OH is 2. The third-order valence-electron chi connectivity index (χ3n) is 6.22. The molecule has 0 bridgehead atoms. The van der Waals surface area contributed by atoms with E-state index >= 15 is 0 Å². The molecule has 4 atom stereocenters. The van der Waals surface area contributed by atoms with Crippen molar-refractivity contribution in [1.82, 2.24) is 19.9 Å². The standard InChI is InChI=1S/C22H24F2N4O4/c1-11-13-2-4-28(22(13)27-10-26-11)15-8-18(20(30)19(15)29)32-17-7-12(21(23)24)6-16-14(17)9-25-3-5-31-16/h2,4,6-7,10,15,18-21,25,29-30H,3,5,8-9H2,1H3. The highest BCUT2D eigenvalue weighted by atomic mass is 19.3. The lowest BCUT2D eigenvalue weighted by molar-refractivity contribution is -0.0167. The molecule has 3 N–H and O–H groups in total. The Kier molecular flexibility index (Phi) is 5.44. The maximum atomic E-state index is 13.5. The van der Waals surface area contributed by atoms with E-state index in [1.54, 1.807) is 6.20 Å². The number of nitrogens with one attached hydrogen (secondary N) is 1. The van der Waals surface area contributed by atoms with Crippen molar-refractivity contribution in [3.63, 3.8) is 0 Å². The van der Waals surface area contributed by atoms with Crippen LogP contribution in [0.2, 0.25) is 0 Å². The molecule has 3 aromatic rings. The average Bonchev–Trinajstić information content (AvgIpc) is 3.20. The molecule has 32 heavy (non-hydrogen) atoms. The van der Waals surface area contributed by atoms with Crippen molar-refractivity contribution in [2.24, 2.45) is 0 Å². The molecule has 8 nitrogen and oxygen atoms in total. The van der Waals surface area contributed by atoms with E-state index in [4.69, 9.17) is 9.47 Å².